The number of anilines is 1. The summed E-state index contributed by atoms with van der Waals surface area (Å²) in [6.45, 7) is 2.91. The lowest BCUT2D eigenvalue weighted by atomic mass is 10.1. The Hall–Kier alpha value is -2.33. The van der Waals surface area contributed by atoms with Crippen LogP contribution >= 0.6 is 22.9 Å². The highest BCUT2D eigenvalue weighted by atomic mass is 35.5. The molecule has 32 heavy (non-hydrogen) atoms. The van der Waals surface area contributed by atoms with Crippen molar-refractivity contribution in [3.63, 3.8) is 0 Å². The Morgan fingerprint density at radius 3 is 2.50 bits per heavy atom. The minimum absolute atomic E-state index is 0.0238. The van der Waals surface area contributed by atoms with Gasteiger partial charge in [0, 0.05) is 24.2 Å². The number of thiazole rings is 1. The first-order valence-electron chi connectivity index (χ1n) is 10.0. The van der Waals surface area contributed by atoms with Crippen molar-refractivity contribution in [3.05, 3.63) is 74.9 Å². The monoisotopic (exact) mass is 493 g/mol. The van der Waals surface area contributed by atoms with Gasteiger partial charge in [-0.15, -0.1) is 11.3 Å². The molecule has 1 fully saturated rings. The zero-order valence-electron chi connectivity index (χ0n) is 17.3. The van der Waals surface area contributed by atoms with Crippen LogP contribution in [0.5, 0.6) is 0 Å². The fourth-order valence-electron chi connectivity index (χ4n) is 3.60. The number of amides is 1. The first-order valence-corrected chi connectivity index (χ1v) is 12.7. The van der Waals surface area contributed by atoms with Crippen LogP contribution in [0.25, 0.3) is 0 Å². The smallest absolute Gasteiger partial charge is 0.260 e. The van der Waals surface area contributed by atoms with E-state index in [9.17, 15) is 17.6 Å². The van der Waals surface area contributed by atoms with Crippen LogP contribution < -0.4 is 4.90 Å². The molecule has 2 aromatic carbocycles. The molecule has 0 bridgehead atoms. The zero-order chi connectivity index (χ0) is 22.9. The number of sulfonamides is 1. The number of carbonyl (C=O) groups is 1. The molecule has 0 saturated carbocycles. The maximum atomic E-state index is 13.6. The molecule has 0 radical (unpaired) electrons. The van der Waals surface area contributed by atoms with E-state index in [-0.39, 0.29) is 22.0 Å². The molecule has 0 aliphatic carbocycles. The summed E-state index contributed by atoms with van der Waals surface area (Å²) < 4.78 is 40.9. The average Bonchev–Trinajstić information content (AvgIpc) is 3.45. The molecular weight excluding hydrogens is 473 g/mol. The highest BCUT2D eigenvalue weighted by Gasteiger charge is 2.29. The van der Waals surface area contributed by atoms with Crippen molar-refractivity contribution < 1.29 is 17.6 Å². The summed E-state index contributed by atoms with van der Waals surface area (Å²) in [5, 5.41) is 2.83. The van der Waals surface area contributed by atoms with Crippen LogP contribution in [0.15, 0.2) is 52.7 Å². The molecule has 6 nitrogen and oxygen atoms in total. The largest absolute Gasteiger partial charge is 0.302 e. The lowest BCUT2D eigenvalue weighted by Crippen LogP contribution is -2.32. The number of halogens is 2. The Morgan fingerprint density at radius 1 is 1.19 bits per heavy atom. The summed E-state index contributed by atoms with van der Waals surface area (Å²) in [4.78, 5) is 19.4. The standard InChI is InChI=1S/C22H21ClFN3O3S2/c1-15-25-17(14-31-15)13-27(18-6-4-16(24)5-7-18)22(28)20-12-19(8-9-21(20)23)32(29,30)26-10-2-3-11-26/h4-9,12,14H,2-3,10-11,13H2,1H3. The van der Waals surface area contributed by atoms with Crippen molar-refractivity contribution in [3.8, 4) is 0 Å². The second-order valence-electron chi connectivity index (χ2n) is 7.48. The Morgan fingerprint density at radius 2 is 1.88 bits per heavy atom. The van der Waals surface area contributed by atoms with Crippen LogP contribution in [0.3, 0.4) is 0 Å². The second kappa shape index (κ2) is 9.27. The van der Waals surface area contributed by atoms with Crippen molar-refractivity contribution in [2.75, 3.05) is 18.0 Å². The molecule has 1 aromatic heterocycles. The Kier molecular flexibility index (Phi) is 6.62. The topological polar surface area (TPSA) is 70.6 Å². The Balaban J connectivity index is 1.73. The van der Waals surface area contributed by atoms with Crippen LogP contribution in [-0.4, -0.2) is 36.7 Å². The fourth-order valence-corrected chi connectivity index (χ4v) is 5.94. The normalized spacial score (nSPS) is 14.6. The second-order valence-corrected chi connectivity index (χ2v) is 10.9. The van der Waals surface area contributed by atoms with E-state index >= 15 is 0 Å². The first kappa shape index (κ1) is 22.8. The fraction of sp³-hybridized carbons (Fsp3) is 0.273. The SMILES string of the molecule is Cc1nc(CN(C(=O)c2cc(S(=O)(=O)N3CCCC3)ccc2Cl)c2ccc(F)cc2)cs1. The van der Waals surface area contributed by atoms with Gasteiger partial charge in [-0.05, 0) is 62.2 Å². The molecule has 1 amide bonds. The van der Waals surface area contributed by atoms with Crippen LogP contribution in [0.1, 0.15) is 33.9 Å². The number of carbonyl (C=O) groups excluding carboxylic acids is 1. The maximum absolute atomic E-state index is 13.6. The van der Waals surface area contributed by atoms with E-state index < -0.39 is 21.7 Å². The van der Waals surface area contributed by atoms with E-state index in [1.54, 1.807) is 0 Å². The van der Waals surface area contributed by atoms with E-state index in [0.29, 0.717) is 24.5 Å². The van der Waals surface area contributed by atoms with Gasteiger partial charge in [0.1, 0.15) is 5.82 Å². The lowest BCUT2D eigenvalue weighted by molar-refractivity contribution is 0.0984. The number of aryl methyl sites for hydroxylation is 1. The predicted molar refractivity (Wildman–Crippen MR) is 123 cm³/mol. The number of benzene rings is 2. The number of rotatable bonds is 6. The van der Waals surface area contributed by atoms with Gasteiger partial charge in [0.15, 0.2) is 0 Å². The van der Waals surface area contributed by atoms with Crippen LogP contribution in [0, 0.1) is 12.7 Å². The number of hydrogen-bond acceptors (Lipinski definition) is 5. The summed E-state index contributed by atoms with van der Waals surface area (Å²) in [5.74, 6) is -0.923. The van der Waals surface area contributed by atoms with E-state index in [1.165, 1.54) is 63.0 Å². The summed E-state index contributed by atoms with van der Waals surface area (Å²) in [7, 11) is -3.72. The molecule has 3 aromatic rings. The molecule has 4 rings (SSSR count). The van der Waals surface area contributed by atoms with E-state index in [0.717, 1.165) is 17.8 Å². The lowest BCUT2D eigenvalue weighted by Gasteiger charge is -2.23. The van der Waals surface area contributed by atoms with Gasteiger partial charge in [-0.2, -0.15) is 4.31 Å². The summed E-state index contributed by atoms with van der Waals surface area (Å²) in [6, 6.07) is 9.67. The molecule has 10 heteroatoms. The molecule has 168 valence electrons. The Bertz CT molecular complexity index is 1240. The van der Waals surface area contributed by atoms with E-state index in [1.807, 2.05) is 12.3 Å². The van der Waals surface area contributed by atoms with Gasteiger partial charge < -0.3 is 4.90 Å². The molecule has 0 N–H and O–H groups in total. The van der Waals surface area contributed by atoms with Crippen molar-refractivity contribution in [1.29, 1.82) is 0 Å². The molecule has 1 aliphatic heterocycles. The van der Waals surface area contributed by atoms with Gasteiger partial charge in [-0.1, -0.05) is 11.6 Å². The van der Waals surface area contributed by atoms with Crippen molar-refractivity contribution in [1.82, 2.24) is 9.29 Å². The minimum Gasteiger partial charge on any atom is -0.302 e. The zero-order valence-corrected chi connectivity index (χ0v) is 19.7. The van der Waals surface area contributed by atoms with Gasteiger partial charge in [-0.3, -0.25) is 4.79 Å². The molecule has 0 atom stereocenters. The Labute approximate surface area is 195 Å². The van der Waals surface area contributed by atoms with Crippen molar-refractivity contribution >= 4 is 44.6 Å². The van der Waals surface area contributed by atoms with Gasteiger partial charge in [0.25, 0.3) is 5.91 Å². The van der Waals surface area contributed by atoms with E-state index in [4.69, 9.17) is 11.6 Å². The van der Waals surface area contributed by atoms with Gasteiger partial charge >= 0.3 is 0 Å². The van der Waals surface area contributed by atoms with Gasteiger partial charge in [-0.25, -0.2) is 17.8 Å². The predicted octanol–water partition coefficient (Wildman–Crippen LogP) is 4.88. The molecular formula is C22H21ClFN3O3S2. The third kappa shape index (κ3) is 4.71. The first-order chi connectivity index (χ1) is 15.3. The van der Waals surface area contributed by atoms with Crippen LogP contribution in [0.2, 0.25) is 5.02 Å². The third-order valence-corrected chi connectivity index (χ3v) is 8.29. The molecule has 2 heterocycles. The molecule has 0 unspecified atom stereocenters. The highest BCUT2D eigenvalue weighted by Crippen LogP contribution is 2.29. The summed E-state index contributed by atoms with van der Waals surface area (Å²) in [5.41, 5.74) is 1.18. The third-order valence-electron chi connectivity index (χ3n) is 5.24. The molecule has 1 saturated heterocycles. The van der Waals surface area contributed by atoms with Crippen molar-refractivity contribution in [2.45, 2.75) is 31.2 Å². The average molecular weight is 494 g/mol. The molecule has 1 aliphatic rings. The van der Waals surface area contributed by atoms with Gasteiger partial charge in [0.2, 0.25) is 10.0 Å². The quantitative estimate of drug-likeness (QED) is 0.491. The summed E-state index contributed by atoms with van der Waals surface area (Å²) in [6.07, 6.45) is 1.62. The van der Waals surface area contributed by atoms with Crippen molar-refractivity contribution in [2.24, 2.45) is 0 Å². The highest BCUT2D eigenvalue weighted by molar-refractivity contribution is 7.89. The van der Waals surface area contributed by atoms with E-state index in [2.05, 4.69) is 4.98 Å². The van der Waals surface area contributed by atoms with Crippen LogP contribution in [-0.2, 0) is 16.6 Å². The number of nitrogens with zero attached hydrogens (tertiary/aromatic N) is 3. The van der Waals surface area contributed by atoms with Gasteiger partial charge in [0.05, 0.1) is 32.7 Å². The minimum atomic E-state index is -3.72. The summed E-state index contributed by atoms with van der Waals surface area (Å²) >= 11 is 7.79. The number of hydrogen-bond donors (Lipinski definition) is 0. The van der Waals surface area contributed by atoms with Crippen LogP contribution in [0.4, 0.5) is 10.1 Å². The number of aromatic nitrogens is 1. The maximum Gasteiger partial charge on any atom is 0.260 e. The molecule has 0 spiro atoms.